The van der Waals surface area contributed by atoms with Crippen LogP contribution in [0.2, 0.25) is 0 Å². The molecule has 1 heterocycles. The normalized spacial score (nSPS) is 31.1. The quantitative estimate of drug-likeness (QED) is 0.863. The third kappa shape index (κ3) is 3.37. The maximum atomic E-state index is 11.0. The van der Waals surface area contributed by atoms with Crippen molar-refractivity contribution in [2.24, 2.45) is 10.9 Å². The Morgan fingerprint density at radius 2 is 2.50 bits per heavy atom. The number of hydrogen-bond donors (Lipinski definition) is 1. The van der Waals surface area contributed by atoms with Gasteiger partial charge in [0.25, 0.3) is 0 Å². The lowest BCUT2D eigenvalue weighted by molar-refractivity contribution is -0.139. The Morgan fingerprint density at radius 3 is 3.17 bits per heavy atom. The summed E-state index contributed by atoms with van der Waals surface area (Å²) in [5, 5.41) is 9.97. The van der Waals surface area contributed by atoms with Crippen LogP contribution in [0.1, 0.15) is 13.3 Å². The molecule has 98 valence electrons. The van der Waals surface area contributed by atoms with Gasteiger partial charge in [-0.3, -0.25) is 9.79 Å². The second kappa shape index (κ2) is 5.91. The van der Waals surface area contributed by atoms with Gasteiger partial charge in [-0.25, -0.2) is 0 Å². The van der Waals surface area contributed by atoms with Crippen LogP contribution in [-0.2, 0) is 9.53 Å². The Hall–Kier alpha value is -0.780. The predicted octanol–water partition coefficient (Wildman–Crippen LogP) is 2.65. The molecule has 0 aromatic carbocycles. The number of aliphatic carboxylic acids is 1. The highest BCUT2D eigenvalue weighted by atomic mass is 35.5. The van der Waals surface area contributed by atoms with Gasteiger partial charge in [-0.05, 0) is 19.4 Å². The second-order valence-electron chi connectivity index (χ2n) is 4.21. The van der Waals surface area contributed by atoms with Crippen LogP contribution in [0.15, 0.2) is 28.3 Å². The lowest BCUT2D eigenvalue weighted by atomic mass is 10.0. The molecule has 2 rings (SSSR count). The number of carboxylic acids is 1. The van der Waals surface area contributed by atoms with Crippen molar-refractivity contribution in [2.45, 2.75) is 24.8 Å². The molecule has 0 aromatic heterocycles. The van der Waals surface area contributed by atoms with Gasteiger partial charge in [0.05, 0.1) is 11.7 Å². The van der Waals surface area contributed by atoms with Crippen LogP contribution in [0.5, 0.6) is 0 Å². The molecule has 1 N–H and O–H groups in total. The Labute approximate surface area is 115 Å². The van der Waals surface area contributed by atoms with Crippen molar-refractivity contribution in [1.82, 2.24) is 0 Å². The van der Waals surface area contributed by atoms with E-state index in [1.54, 1.807) is 6.92 Å². The maximum absolute atomic E-state index is 11.0. The molecule has 18 heavy (non-hydrogen) atoms. The molecule has 0 bridgehead atoms. The molecule has 4 nitrogen and oxygen atoms in total. The summed E-state index contributed by atoms with van der Waals surface area (Å²) < 4.78 is 5.61. The van der Waals surface area contributed by atoms with E-state index in [4.69, 9.17) is 21.4 Å². The standard InChI is InChI=1S/C12H14ClNO3S/c1-7-14-11(10(18-7)12(15)16)17-6-8-3-2-4-9(13)5-8/h2-4,8,10-11H,5-6H2,1H3,(H,15,16). The molecule has 0 radical (unpaired) electrons. The van der Waals surface area contributed by atoms with E-state index in [9.17, 15) is 4.79 Å². The van der Waals surface area contributed by atoms with Crippen molar-refractivity contribution in [3.63, 3.8) is 0 Å². The minimum atomic E-state index is -0.886. The van der Waals surface area contributed by atoms with E-state index in [1.165, 1.54) is 11.8 Å². The SMILES string of the molecule is CC1=NC(OCC2C=CC=C(Cl)C2)C(C(=O)O)S1. The first-order chi connectivity index (χ1) is 8.56. The number of carbonyl (C=O) groups is 1. The largest absolute Gasteiger partial charge is 0.480 e. The van der Waals surface area contributed by atoms with Gasteiger partial charge < -0.3 is 9.84 Å². The maximum Gasteiger partial charge on any atom is 0.321 e. The minimum Gasteiger partial charge on any atom is -0.480 e. The summed E-state index contributed by atoms with van der Waals surface area (Å²) in [5.74, 6) is -0.694. The molecule has 3 unspecified atom stereocenters. The van der Waals surface area contributed by atoms with Crippen molar-refractivity contribution < 1.29 is 14.6 Å². The topological polar surface area (TPSA) is 58.9 Å². The monoisotopic (exact) mass is 287 g/mol. The highest BCUT2D eigenvalue weighted by Gasteiger charge is 2.35. The highest BCUT2D eigenvalue weighted by Crippen LogP contribution is 2.29. The first kappa shape index (κ1) is 13.6. The van der Waals surface area contributed by atoms with Crippen molar-refractivity contribution >= 4 is 34.4 Å². The number of carboxylic acid groups (broad SMARTS) is 1. The van der Waals surface area contributed by atoms with Crippen LogP contribution < -0.4 is 0 Å². The number of ether oxygens (including phenoxy) is 1. The first-order valence-electron chi connectivity index (χ1n) is 5.64. The number of allylic oxidation sites excluding steroid dienone is 3. The average molecular weight is 288 g/mol. The van der Waals surface area contributed by atoms with E-state index in [0.29, 0.717) is 6.61 Å². The predicted molar refractivity (Wildman–Crippen MR) is 73.0 cm³/mol. The lowest BCUT2D eigenvalue weighted by Crippen LogP contribution is -2.30. The summed E-state index contributed by atoms with van der Waals surface area (Å²) in [5.41, 5.74) is 0. The van der Waals surface area contributed by atoms with E-state index in [1.807, 2.05) is 18.2 Å². The molecule has 0 spiro atoms. The Balaban J connectivity index is 1.88. The Kier molecular flexibility index (Phi) is 4.48. The molecule has 0 amide bonds. The summed E-state index contributed by atoms with van der Waals surface area (Å²) in [6.45, 7) is 2.23. The third-order valence-corrected chi connectivity index (χ3v) is 4.12. The molecule has 2 aliphatic rings. The van der Waals surface area contributed by atoms with Crippen LogP contribution in [0.4, 0.5) is 0 Å². The molecule has 6 heteroatoms. The molecule has 0 aromatic rings. The van der Waals surface area contributed by atoms with Crippen molar-refractivity contribution in [2.75, 3.05) is 6.61 Å². The molecule has 3 atom stereocenters. The molecule has 0 saturated carbocycles. The molecule has 0 saturated heterocycles. The molecule has 1 aliphatic heterocycles. The third-order valence-electron chi connectivity index (χ3n) is 2.71. The van der Waals surface area contributed by atoms with E-state index in [0.717, 1.165) is 16.5 Å². The summed E-state index contributed by atoms with van der Waals surface area (Å²) in [6.07, 6.45) is 5.90. The Morgan fingerprint density at radius 1 is 1.72 bits per heavy atom. The van der Waals surface area contributed by atoms with Gasteiger partial charge in [0.1, 0.15) is 0 Å². The van der Waals surface area contributed by atoms with Gasteiger partial charge in [-0.15, -0.1) is 0 Å². The van der Waals surface area contributed by atoms with Crippen LogP contribution in [0.25, 0.3) is 0 Å². The first-order valence-corrected chi connectivity index (χ1v) is 6.90. The molecular weight excluding hydrogens is 274 g/mol. The summed E-state index contributed by atoms with van der Waals surface area (Å²) >= 11 is 7.18. The molecule has 0 fully saturated rings. The van der Waals surface area contributed by atoms with E-state index in [-0.39, 0.29) is 5.92 Å². The second-order valence-corrected chi connectivity index (χ2v) is 6.03. The zero-order chi connectivity index (χ0) is 13.1. The zero-order valence-corrected chi connectivity index (χ0v) is 11.4. The zero-order valence-electron chi connectivity index (χ0n) is 9.88. The highest BCUT2D eigenvalue weighted by molar-refractivity contribution is 8.15. The number of thioether (sulfide) groups is 1. The minimum absolute atomic E-state index is 0.193. The van der Waals surface area contributed by atoms with Gasteiger partial charge in [-0.2, -0.15) is 0 Å². The smallest absolute Gasteiger partial charge is 0.321 e. The number of rotatable bonds is 4. The summed E-state index contributed by atoms with van der Waals surface area (Å²) in [4.78, 5) is 15.2. The fraction of sp³-hybridized carbons (Fsp3) is 0.500. The Bertz CT molecular complexity index is 433. The van der Waals surface area contributed by atoms with Crippen molar-refractivity contribution in [1.29, 1.82) is 0 Å². The van der Waals surface area contributed by atoms with Gasteiger partial charge in [0.2, 0.25) is 0 Å². The van der Waals surface area contributed by atoms with Crippen LogP contribution in [-0.4, -0.2) is 34.2 Å². The summed E-state index contributed by atoms with van der Waals surface area (Å²) in [6, 6.07) is 0. The van der Waals surface area contributed by atoms with Crippen LogP contribution in [0.3, 0.4) is 0 Å². The lowest BCUT2D eigenvalue weighted by Gasteiger charge is -2.19. The molecular formula is C12H14ClNO3S. The summed E-state index contributed by atoms with van der Waals surface area (Å²) in [7, 11) is 0. The fourth-order valence-electron chi connectivity index (χ4n) is 1.86. The van der Waals surface area contributed by atoms with Gasteiger partial charge >= 0.3 is 5.97 Å². The van der Waals surface area contributed by atoms with E-state index < -0.39 is 17.4 Å². The molecule has 1 aliphatic carbocycles. The van der Waals surface area contributed by atoms with Crippen molar-refractivity contribution in [3.8, 4) is 0 Å². The average Bonchev–Trinajstić information content (AvgIpc) is 2.68. The van der Waals surface area contributed by atoms with E-state index in [2.05, 4.69) is 4.99 Å². The van der Waals surface area contributed by atoms with Crippen LogP contribution >= 0.6 is 23.4 Å². The number of aliphatic imine (C=N–C) groups is 1. The number of hydrogen-bond acceptors (Lipinski definition) is 4. The van der Waals surface area contributed by atoms with Gasteiger partial charge in [0.15, 0.2) is 11.5 Å². The number of nitrogens with zero attached hydrogens (tertiary/aromatic N) is 1. The van der Waals surface area contributed by atoms with E-state index >= 15 is 0 Å². The van der Waals surface area contributed by atoms with Gasteiger partial charge in [-0.1, -0.05) is 35.5 Å². The fourth-order valence-corrected chi connectivity index (χ4v) is 3.02. The van der Waals surface area contributed by atoms with Crippen molar-refractivity contribution in [3.05, 3.63) is 23.3 Å². The van der Waals surface area contributed by atoms with Gasteiger partial charge in [0, 0.05) is 11.0 Å². The number of halogens is 1. The van der Waals surface area contributed by atoms with Crippen LogP contribution in [0, 0.1) is 5.92 Å².